The van der Waals surface area contributed by atoms with Crippen LogP contribution in [0.2, 0.25) is 0 Å². The molecule has 6 nitrogen and oxygen atoms in total. The highest BCUT2D eigenvalue weighted by atomic mass is 16.2. The van der Waals surface area contributed by atoms with E-state index in [4.69, 9.17) is 0 Å². The molecule has 0 spiro atoms. The second-order valence-corrected chi connectivity index (χ2v) is 7.81. The Balaban J connectivity index is 1.50. The highest BCUT2D eigenvalue weighted by Gasteiger charge is 2.37. The Bertz CT molecular complexity index is 1060. The number of carbonyl (C=O) groups excluding carboxylic acids is 1. The van der Waals surface area contributed by atoms with Crippen LogP contribution in [0.15, 0.2) is 61.2 Å². The van der Waals surface area contributed by atoms with Gasteiger partial charge in [0.05, 0.1) is 17.2 Å². The molecule has 30 heavy (non-hydrogen) atoms. The van der Waals surface area contributed by atoms with Crippen LogP contribution in [0.25, 0.3) is 11.3 Å². The summed E-state index contributed by atoms with van der Waals surface area (Å²) in [5, 5.41) is 9.90. The summed E-state index contributed by atoms with van der Waals surface area (Å²) < 4.78 is 0. The van der Waals surface area contributed by atoms with Crippen molar-refractivity contribution in [2.24, 2.45) is 5.41 Å². The van der Waals surface area contributed by atoms with E-state index in [1.807, 2.05) is 54.4 Å². The number of amides is 1. The summed E-state index contributed by atoms with van der Waals surface area (Å²) in [5.41, 5.74) is 3.73. The average molecular weight is 397 g/mol. The van der Waals surface area contributed by atoms with Gasteiger partial charge < -0.3 is 4.90 Å². The third kappa shape index (κ3) is 4.06. The maximum atomic E-state index is 13.3. The fourth-order valence-electron chi connectivity index (χ4n) is 3.97. The van der Waals surface area contributed by atoms with Gasteiger partial charge in [0.1, 0.15) is 6.33 Å². The summed E-state index contributed by atoms with van der Waals surface area (Å²) >= 11 is 0. The molecule has 1 aromatic carbocycles. The number of rotatable bonds is 4. The lowest BCUT2D eigenvalue weighted by molar-refractivity contribution is 0.0648. The molecule has 0 atom stereocenters. The molecule has 1 aliphatic heterocycles. The highest BCUT2D eigenvalue weighted by Crippen LogP contribution is 2.35. The third-order valence-electron chi connectivity index (χ3n) is 5.78. The maximum Gasteiger partial charge on any atom is 0.254 e. The van der Waals surface area contributed by atoms with Crippen molar-refractivity contribution in [3.05, 3.63) is 78.0 Å². The number of benzene rings is 1. The van der Waals surface area contributed by atoms with Gasteiger partial charge in [-0.15, -0.1) is 0 Å². The SMILES string of the molecule is Cc1ccc(CC2(C#N)CCN(C(=O)c3ccccc3-c3ccncn3)CC2)cn1. The Morgan fingerprint density at radius 2 is 1.93 bits per heavy atom. The molecule has 4 rings (SSSR count). The van der Waals surface area contributed by atoms with Gasteiger partial charge in [-0.05, 0) is 49.9 Å². The number of carbonyl (C=O) groups is 1. The Morgan fingerprint density at radius 1 is 1.13 bits per heavy atom. The van der Waals surface area contributed by atoms with Crippen LogP contribution < -0.4 is 0 Å². The molecule has 0 N–H and O–H groups in total. The van der Waals surface area contributed by atoms with Crippen molar-refractivity contribution >= 4 is 5.91 Å². The van der Waals surface area contributed by atoms with E-state index in [1.165, 1.54) is 6.33 Å². The van der Waals surface area contributed by atoms with Crippen LogP contribution in [0, 0.1) is 23.7 Å². The van der Waals surface area contributed by atoms with E-state index in [-0.39, 0.29) is 5.91 Å². The van der Waals surface area contributed by atoms with E-state index >= 15 is 0 Å². The summed E-state index contributed by atoms with van der Waals surface area (Å²) in [4.78, 5) is 27.7. The lowest BCUT2D eigenvalue weighted by atomic mass is 9.75. The molecule has 1 saturated heterocycles. The Morgan fingerprint density at radius 3 is 2.60 bits per heavy atom. The molecule has 3 heterocycles. The van der Waals surface area contributed by atoms with Gasteiger partial charge >= 0.3 is 0 Å². The van der Waals surface area contributed by atoms with Gasteiger partial charge in [-0.1, -0.05) is 24.3 Å². The van der Waals surface area contributed by atoms with Crippen LogP contribution in [0.3, 0.4) is 0 Å². The molecule has 3 aromatic rings. The number of aryl methyl sites for hydroxylation is 1. The lowest BCUT2D eigenvalue weighted by Crippen LogP contribution is -2.43. The van der Waals surface area contributed by atoms with Gasteiger partial charge in [0.15, 0.2) is 0 Å². The van der Waals surface area contributed by atoms with Crippen molar-refractivity contribution in [3.63, 3.8) is 0 Å². The second kappa shape index (κ2) is 8.42. The van der Waals surface area contributed by atoms with Crippen molar-refractivity contribution in [3.8, 4) is 17.3 Å². The lowest BCUT2D eigenvalue weighted by Gasteiger charge is -2.37. The van der Waals surface area contributed by atoms with E-state index in [0.29, 0.717) is 37.9 Å². The molecule has 0 unspecified atom stereocenters. The number of aromatic nitrogens is 3. The molecule has 0 bridgehead atoms. The van der Waals surface area contributed by atoms with Crippen LogP contribution in [0.1, 0.15) is 34.5 Å². The minimum Gasteiger partial charge on any atom is -0.339 e. The fraction of sp³-hybridized carbons (Fsp3) is 0.292. The first kappa shape index (κ1) is 19.7. The summed E-state index contributed by atoms with van der Waals surface area (Å²) in [7, 11) is 0. The van der Waals surface area contributed by atoms with E-state index in [0.717, 1.165) is 22.5 Å². The van der Waals surface area contributed by atoms with Crippen LogP contribution >= 0.6 is 0 Å². The second-order valence-electron chi connectivity index (χ2n) is 7.81. The number of nitriles is 1. The summed E-state index contributed by atoms with van der Waals surface area (Å²) in [5.74, 6) is -0.0206. The number of hydrogen-bond acceptors (Lipinski definition) is 5. The Kier molecular flexibility index (Phi) is 5.53. The molecule has 2 aromatic heterocycles. The highest BCUT2D eigenvalue weighted by molar-refractivity contribution is 6.00. The predicted molar refractivity (Wildman–Crippen MR) is 113 cm³/mol. The molecule has 0 radical (unpaired) electrons. The smallest absolute Gasteiger partial charge is 0.254 e. The zero-order chi connectivity index (χ0) is 21.0. The standard InChI is InChI=1S/C24H23N5O/c1-18-6-7-19(15-27-18)14-24(16-25)9-12-29(13-10-24)23(30)21-5-3-2-4-20(21)22-8-11-26-17-28-22/h2-8,11,15,17H,9-10,12-14H2,1H3. The molecule has 1 fully saturated rings. The van der Waals surface area contributed by atoms with Crippen molar-refractivity contribution < 1.29 is 4.79 Å². The first-order valence-corrected chi connectivity index (χ1v) is 10.1. The van der Waals surface area contributed by atoms with Crippen molar-refractivity contribution in [1.82, 2.24) is 19.9 Å². The van der Waals surface area contributed by atoms with E-state index in [2.05, 4.69) is 21.0 Å². The van der Waals surface area contributed by atoms with Gasteiger partial charge in [0.2, 0.25) is 0 Å². The third-order valence-corrected chi connectivity index (χ3v) is 5.78. The number of hydrogen-bond donors (Lipinski definition) is 0. The van der Waals surface area contributed by atoms with E-state index in [1.54, 1.807) is 12.3 Å². The minimum absolute atomic E-state index is 0.0206. The summed E-state index contributed by atoms with van der Waals surface area (Å²) in [6.07, 6.45) is 6.97. The maximum absolute atomic E-state index is 13.3. The molecular formula is C24H23N5O. The predicted octanol–water partition coefficient (Wildman–Crippen LogP) is 3.84. The number of nitrogens with zero attached hydrogens (tertiary/aromatic N) is 5. The van der Waals surface area contributed by atoms with Crippen LogP contribution in [0.4, 0.5) is 0 Å². The Labute approximate surface area is 176 Å². The number of piperidine rings is 1. The first-order valence-electron chi connectivity index (χ1n) is 10.1. The molecule has 1 amide bonds. The average Bonchev–Trinajstić information content (AvgIpc) is 2.81. The fourth-order valence-corrected chi connectivity index (χ4v) is 3.97. The van der Waals surface area contributed by atoms with E-state index < -0.39 is 5.41 Å². The van der Waals surface area contributed by atoms with Crippen LogP contribution in [0.5, 0.6) is 0 Å². The molecular weight excluding hydrogens is 374 g/mol. The molecule has 6 heteroatoms. The van der Waals surface area contributed by atoms with Gasteiger partial charge in [-0.25, -0.2) is 9.97 Å². The first-order chi connectivity index (χ1) is 14.6. The quantitative estimate of drug-likeness (QED) is 0.668. The molecule has 1 aliphatic rings. The van der Waals surface area contributed by atoms with E-state index in [9.17, 15) is 10.1 Å². The number of pyridine rings is 1. The normalized spacial score (nSPS) is 15.4. The van der Waals surface area contributed by atoms with Crippen LogP contribution in [-0.4, -0.2) is 38.8 Å². The van der Waals surface area contributed by atoms with Gasteiger partial charge in [-0.3, -0.25) is 9.78 Å². The summed E-state index contributed by atoms with van der Waals surface area (Å²) in [6, 6.07) is 15.9. The molecule has 0 aliphatic carbocycles. The van der Waals surface area contributed by atoms with Crippen molar-refractivity contribution in [2.45, 2.75) is 26.2 Å². The summed E-state index contributed by atoms with van der Waals surface area (Å²) in [6.45, 7) is 3.07. The molecule has 0 saturated carbocycles. The molecule has 150 valence electrons. The van der Waals surface area contributed by atoms with Crippen molar-refractivity contribution in [1.29, 1.82) is 5.26 Å². The monoisotopic (exact) mass is 397 g/mol. The zero-order valence-corrected chi connectivity index (χ0v) is 17.0. The topological polar surface area (TPSA) is 82.8 Å². The van der Waals surface area contributed by atoms with Crippen molar-refractivity contribution in [2.75, 3.05) is 13.1 Å². The number of likely N-dealkylation sites (tertiary alicyclic amines) is 1. The van der Waals surface area contributed by atoms with Crippen LogP contribution in [-0.2, 0) is 6.42 Å². The van der Waals surface area contributed by atoms with Gasteiger partial charge in [-0.2, -0.15) is 5.26 Å². The van der Waals surface area contributed by atoms with Gasteiger partial charge in [0, 0.05) is 42.3 Å². The largest absolute Gasteiger partial charge is 0.339 e. The minimum atomic E-state index is -0.458. The Hall–Kier alpha value is -3.59. The van der Waals surface area contributed by atoms with Gasteiger partial charge in [0.25, 0.3) is 5.91 Å². The zero-order valence-electron chi connectivity index (χ0n) is 17.0.